The summed E-state index contributed by atoms with van der Waals surface area (Å²) in [6.45, 7) is 7.13. The summed E-state index contributed by atoms with van der Waals surface area (Å²) >= 11 is 1.15. The SMILES string of the molecule is CCc1c(C)sc(NC(=O)CS(=O)(=O)CC(C)C)c1C(=O)O. The second-order valence-electron chi connectivity index (χ2n) is 5.50. The topological polar surface area (TPSA) is 101 Å². The van der Waals surface area contributed by atoms with Crippen LogP contribution in [0.3, 0.4) is 0 Å². The Morgan fingerprint density at radius 2 is 1.91 bits per heavy atom. The number of thiophene rings is 1. The average molecular weight is 347 g/mol. The number of aryl methyl sites for hydroxylation is 1. The van der Waals surface area contributed by atoms with Gasteiger partial charge in [0, 0.05) is 4.88 Å². The fourth-order valence-electron chi connectivity index (χ4n) is 2.25. The number of hydrogen-bond acceptors (Lipinski definition) is 5. The number of rotatable bonds is 7. The maximum atomic E-state index is 11.9. The highest BCUT2D eigenvalue weighted by atomic mass is 32.2. The van der Waals surface area contributed by atoms with Crippen molar-refractivity contribution >= 4 is 38.1 Å². The molecule has 6 nitrogen and oxygen atoms in total. The largest absolute Gasteiger partial charge is 0.478 e. The lowest BCUT2D eigenvalue weighted by molar-refractivity contribution is -0.113. The molecule has 1 heterocycles. The zero-order valence-electron chi connectivity index (χ0n) is 13.1. The van der Waals surface area contributed by atoms with E-state index in [9.17, 15) is 23.1 Å². The molecule has 0 aromatic carbocycles. The number of aromatic carboxylic acids is 1. The molecule has 0 atom stereocenters. The Labute approximate surface area is 134 Å². The highest BCUT2D eigenvalue weighted by Gasteiger charge is 2.24. The summed E-state index contributed by atoms with van der Waals surface area (Å²) in [5.41, 5.74) is 0.720. The molecule has 124 valence electrons. The summed E-state index contributed by atoms with van der Waals surface area (Å²) in [5, 5.41) is 11.9. The van der Waals surface area contributed by atoms with E-state index in [0.717, 1.165) is 16.2 Å². The van der Waals surface area contributed by atoms with E-state index in [1.807, 2.05) is 6.92 Å². The maximum absolute atomic E-state index is 11.9. The molecule has 1 aromatic rings. The molecule has 1 aromatic heterocycles. The number of anilines is 1. The van der Waals surface area contributed by atoms with Crippen LogP contribution in [0.25, 0.3) is 0 Å². The van der Waals surface area contributed by atoms with Crippen molar-refractivity contribution in [1.29, 1.82) is 0 Å². The van der Waals surface area contributed by atoms with Crippen molar-refractivity contribution in [3.8, 4) is 0 Å². The number of hydrogen-bond donors (Lipinski definition) is 2. The monoisotopic (exact) mass is 347 g/mol. The minimum absolute atomic E-state index is 0.0552. The highest BCUT2D eigenvalue weighted by molar-refractivity contribution is 7.92. The summed E-state index contributed by atoms with van der Waals surface area (Å²) in [7, 11) is -3.50. The summed E-state index contributed by atoms with van der Waals surface area (Å²) in [6.07, 6.45) is 0.533. The van der Waals surface area contributed by atoms with E-state index in [1.54, 1.807) is 20.8 Å². The van der Waals surface area contributed by atoms with Gasteiger partial charge in [0.2, 0.25) is 5.91 Å². The molecule has 0 bridgehead atoms. The first-order chi connectivity index (χ1) is 10.1. The number of amides is 1. The summed E-state index contributed by atoms with van der Waals surface area (Å²) in [5.74, 6) is -2.60. The Balaban J connectivity index is 2.96. The van der Waals surface area contributed by atoms with Gasteiger partial charge < -0.3 is 10.4 Å². The molecular weight excluding hydrogens is 326 g/mol. The quantitative estimate of drug-likeness (QED) is 0.788. The number of sulfone groups is 1. The molecule has 2 N–H and O–H groups in total. The smallest absolute Gasteiger partial charge is 0.339 e. The number of carbonyl (C=O) groups is 2. The van der Waals surface area contributed by atoms with Crippen LogP contribution in [0, 0.1) is 12.8 Å². The number of carboxylic acid groups (broad SMARTS) is 1. The molecule has 22 heavy (non-hydrogen) atoms. The highest BCUT2D eigenvalue weighted by Crippen LogP contribution is 2.33. The molecular formula is C14H21NO5S2. The molecule has 0 aliphatic rings. The van der Waals surface area contributed by atoms with Gasteiger partial charge in [-0.3, -0.25) is 4.79 Å². The van der Waals surface area contributed by atoms with Crippen LogP contribution in [0.1, 0.15) is 41.6 Å². The molecule has 0 unspecified atom stereocenters. The normalized spacial score (nSPS) is 11.7. The predicted octanol–water partition coefficient (Wildman–Crippen LogP) is 2.33. The third-order valence-corrected chi connectivity index (χ3v) is 5.91. The zero-order valence-corrected chi connectivity index (χ0v) is 14.7. The zero-order chi connectivity index (χ0) is 17.1. The van der Waals surface area contributed by atoms with Gasteiger partial charge >= 0.3 is 5.97 Å². The van der Waals surface area contributed by atoms with E-state index in [2.05, 4.69) is 5.32 Å². The molecule has 1 rings (SSSR count). The Kier molecular flexibility index (Phi) is 6.13. The van der Waals surface area contributed by atoms with Crippen molar-refractivity contribution < 1.29 is 23.1 Å². The van der Waals surface area contributed by atoms with Gasteiger partial charge in [-0.2, -0.15) is 0 Å². The van der Waals surface area contributed by atoms with E-state index in [1.165, 1.54) is 0 Å². The van der Waals surface area contributed by atoms with Gasteiger partial charge in [0.05, 0.1) is 11.3 Å². The summed E-state index contributed by atoms with van der Waals surface area (Å²) in [4.78, 5) is 24.1. The number of carbonyl (C=O) groups excluding carboxylic acids is 1. The van der Waals surface area contributed by atoms with Gasteiger partial charge in [-0.15, -0.1) is 11.3 Å². The molecule has 0 saturated carbocycles. The first-order valence-corrected chi connectivity index (χ1v) is 9.57. The van der Waals surface area contributed by atoms with Crippen molar-refractivity contribution in [2.75, 3.05) is 16.8 Å². The fourth-order valence-corrected chi connectivity index (χ4v) is 5.01. The van der Waals surface area contributed by atoms with Crippen molar-refractivity contribution in [3.05, 3.63) is 16.0 Å². The van der Waals surface area contributed by atoms with Crippen LogP contribution in [0.15, 0.2) is 0 Å². The van der Waals surface area contributed by atoms with Gasteiger partial charge in [-0.1, -0.05) is 20.8 Å². The van der Waals surface area contributed by atoms with Gasteiger partial charge in [-0.25, -0.2) is 13.2 Å². The van der Waals surface area contributed by atoms with Gasteiger partial charge in [0.1, 0.15) is 10.8 Å². The summed E-state index contributed by atoms with van der Waals surface area (Å²) < 4.78 is 23.6. The maximum Gasteiger partial charge on any atom is 0.339 e. The van der Waals surface area contributed by atoms with Crippen LogP contribution in [-0.2, 0) is 21.1 Å². The fraction of sp³-hybridized carbons (Fsp3) is 0.571. The minimum Gasteiger partial charge on any atom is -0.478 e. The molecule has 0 saturated heterocycles. The molecule has 0 aliphatic carbocycles. The van der Waals surface area contributed by atoms with Crippen LogP contribution in [0.4, 0.5) is 5.00 Å². The third-order valence-electron chi connectivity index (χ3n) is 2.97. The van der Waals surface area contributed by atoms with Crippen molar-refractivity contribution in [1.82, 2.24) is 0 Å². The summed E-state index contributed by atoms with van der Waals surface area (Å²) in [6, 6.07) is 0. The van der Waals surface area contributed by atoms with Crippen molar-refractivity contribution in [2.45, 2.75) is 34.1 Å². The number of carboxylic acids is 1. The lowest BCUT2D eigenvalue weighted by atomic mass is 10.1. The molecule has 0 radical (unpaired) electrons. The predicted molar refractivity (Wildman–Crippen MR) is 87.5 cm³/mol. The molecule has 0 aliphatic heterocycles. The van der Waals surface area contributed by atoms with Gasteiger partial charge in [0.15, 0.2) is 9.84 Å². The minimum atomic E-state index is -3.50. The number of nitrogens with one attached hydrogen (secondary N) is 1. The lowest BCUT2D eigenvalue weighted by Gasteiger charge is -2.08. The Morgan fingerprint density at radius 1 is 1.32 bits per heavy atom. The van der Waals surface area contributed by atoms with E-state index in [-0.39, 0.29) is 22.2 Å². The molecule has 0 fully saturated rings. The van der Waals surface area contributed by atoms with Gasteiger partial charge in [0.25, 0.3) is 0 Å². The van der Waals surface area contributed by atoms with Crippen LogP contribution >= 0.6 is 11.3 Å². The Bertz CT molecular complexity index is 674. The van der Waals surface area contributed by atoms with Crippen molar-refractivity contribution in [3.63, 3.8) is 0 Å². The second kappa shape index (κ2) is 7.23. The average Bonchev–Trinajstić information content (AvgIpc) is 2.61. The standard InChI is InChI=1S/C14H21NO5S2/c1-5-10-9(4)21-13(12(10)14(17)18)15-11(16)7-22(19,20)6-8(2)3/h8H,5-7H2,1-4H3,(H,15,16)(H,17,18). The third kappa shape index (κ3) is 4.81. The van der Waals surface area contributed by atoms with Crippen LogP contribution < -0.4 is 5.32 Å². The van der Waals surface area contributed by atoms with Gasteiger partial charge in [-0.05, 0) is 24.8 Å². The van der Waals surface area contributed by atoms with Crippen LogP contribution in [-0.4, -0.2) is 36.9 Å². The first kappa shape index (κ1) is 18.6. The van der Waals surface area contributed by atoms with E-state index >= 15 is 0 Å². The molecule has 1 amide bonds. The van der Waals surface area contributed by atoms with E-state index in [0.29, 0.717) is 12.0 Å². The van der Waals surface area contributed by atoms with Crippen LogP contribution in [0.2, 0.25) is 0 Å². The van der Waals surface area contributed by atoms with Crippen LogP contribution in [0.5, 0.6) is 0 Å². The second-order valence-corrected chi connectivity index (χ2v) is 8.83. The van der Waals surface area contributed by atoms with E-state index in [4.69, 9.17) is 0 Å². The molecule has 8 heteroatoms. The first-order valence-electron chi connectivity index (χ1n) is 6.93. The lowest BCUT2D eigenvalue weighted by Crippen LogP contribution is -2.26. The Hall–Kier alpha value is -1.41. The Morgan fingerprint density at radius 3 is 2.36 bits per heavy atom. The van der Waals surface area contributed by atoms with Crippen molar-refractivity contribution in [2.24, 2.45) is 5.92 Å². The molecule has 0 spiro atoms. The van der Waals surface area contributed by atoms with E-state index < -0.39 is 27.5 Å².